The molecule has 6 nitrogen and oxygen atoms in total. The van der Waals surface area contributed by atoms with Crippen LogP contribution in [0.4, 0.5) is 5.69 Å². The maximum absolute atomic E-state index is 13.1. The molecule has 2 rings (SSSR count). The Labute approximate surface area is 158 Å². The summed E-state index contributed by atoms with van der Waals surface area (Å²) in [5.41, 5.74) is 0.394. The largest absolute Gasteiger partial charge is 0.494 e. The molecule has 0 fully saturated rings. The first-order valence-corrected chi connectivity index (χ1v) is 10.7. The molecular weight excluding hydrogens is 372 g/mol. The number of amides is 1. The van der Waals surface area contributed by atoms with E-state index in [4.69, 9.17) is 4.74 Å². The van der Waals surface area contributed by atoms with Crippen LogP contribution < -0.4 is 14.4 Å². The number of ether oxygens (including phenoxy) is 1. The average molecular weight is 395 g/mol. The highest BCUT2D eigenvalue weighted by Gasteiger charge is 2.27. The first-order valence-electron chi connectivity index (χ1n) is 8.02. The molecule has 1 N–H and O–H groups in total. The fraction of sp³-hybridized carbons (Fsp3) is 0.278. The zero-order chi connectivity index (χ0) is 19.2. The number of hydrogen-bond acceptors (Lipinski definition) is 5. The monoisotopic (exact) mass is 394 g/mol. The summed E-state index contributed by atoms with van der Waals surface area (Å²) in [6.45, 7) is 2.08. The standard InChI is InChI=1S/C18H22N2O4S2/c1-4-24-15-7-5-14(6-8-15)20(13-18(21)19-2)26(22,23)17-11-9-16(25-3)10-12-17/h5-12H,4,13H2,1-3H3,(H,19,21). The van der Waals surface area contributed by atoms with Crippen LogP contribution >= 0.6 is 11.8 Å². The minimum absolute atomic E-state index is 0.132. The van der Waals surface area contributed by atoms with Crippen LogP contribution in [0.25, 0.3) is 0 Å². The van der Waals surface area contributed by atoms with Gasteiger partial charge in [0.1, 0.15) is 12.3 Å². The summed E-state index contributed by atoms with van der Waals surface area (Å²) < 4.78 is 32.7. The Balaban J connectivity index is 2.43. The third kappa shape index (κ3) is 4.70. The van der Waals surface area contributed by atoms with E-state index < -0.39 is 15.9 Å². The number of carbonyl (C=O) groups is 1. The summed E-state index contributed by atoms with van der Waals surface area (Å²) in [5.74, 6) is 0.237. The summed E-state index contributed by atoms with van der Waals surface area (Å²) in [5, 5.41) is 2.47. The van der Waals surface area contributed by atoms with Gasteiger partial charge in [0.15, 0.2) is 0 Å². The van der Waals surface area contributed by atoms with Crippen molar-refractivity contribution < 1.29 is 17.9 Å². The Bertz CT molecular complexity index is 834. The summed E-state index contributed by atoms with van der Waals surface area (Å²) in [7, 11) is -2.42. The second-order valence-electron chi connectivity index (χ2n) is 5.29. The van der Waals surface area contributed by atoms with E-state index in [1.807, 2.05) is 13.2 Å². The van der Waals surface area contributed by atoms with Crippen molar-refractivity contribution >= 4 is 33.4 Å². The third-order valence-electron chi connectivity index (χ3n) is 3.65. The van der Waals surface area contributed by atoms with E-state index in [0.29, 0.717) is 18.0 Å². The maximum Gasteiger partial charge on any atom is 0.264 e. The number of hydrogen-bond donors (Lipinski definition) is 1. The molecule has 0 unspecified atom stereocenters. The van der Waals surface area contributed by atoms with Gasteiger partial charge < -0.3 is 10.1 Å². The van der Waals surface area contributed by atoms with Gasteiger partial charge in [0.05, 0.1) is 17.2 Å². The van der Waals surface area contributed by atoms with E-state index in [2.05, 4.69) is 5.32 Å². The Morgan fingerprint density at radius 3 is 2.23 bits per heavy atom. The van der Waals surface area contributed by atoms with Gasteiger partial charge in [-0.2, -0.15) is 0 Å². The molecule has 8 heteroatoms. The molecule has 0 spiro atoms. The molecule has 1 amide bonds. The van der Waals surface area contributed by atoms with Crippen LogP contribution in [0.15, 0.2) is 58.3 Å². The fourth-order valence-corrected chi connectivity index (χ4v) is 4.10. The summed E-state index contributed by atoms with van der Waals surface area (Å²) in [6, 6.07) is 13.2. The molecule has 26 heavy (non-hydrogen) atoms. The molecular formula is C18H22N2O4S2. The van der Waals surface area contributed by atoms with Crippen molar-refractivity contribution in [2.75, 3.05) is 30.8 Å². The van der Waals surface area contributed by atoms with Crippen LogP contribution in [0.3, 0.4) is 0 Å². The molecule has 0 radical (unpaired) electrons. The SMILES string of the molecule is CCOc1ccc(N(CC(=O)NC)S(=O)(=O)c2ccc(SC)cc2)cc1. The molecule has 0 heterocycles. The smallest absolute Gasteiger partial charge is 0.264 e. The number of likely N-dealkylation sites (N-methyl/N-ethyl adjacent to an activating group) is 1. The van der Waals surface area contributed by atoms with Gasteiger partial charge >= 0.3 is 0 Å². The average Bonchev–Trinajstić information content (AvgIpc) is 2.66. The van der Waals surface area contributed by atoms with Crippen LogP contribution in [0.1, 0.15) is 6.92 Å². The molecule has 2 aromatic rings. The van der Waals surface area contributed by atoms with Crippen molar-refractivity contribution in [3.8, 4) is 5.75 Å². The van der Waals surface area contributed by atoms with Crippen molar-refractivity contribution in [3.63, 3.8) is 0 Å². The number of nitrogens with one attached hydrogen (secondary N) is 1. The topological polar surface area (TPSA) is 75.7 Å². The number of benzene rings is 2. The maximum atomic E-state index is 13.1. The van der Waals surface area contributed by atoms with Gasteiger partial charge in [-0.15, -0.1) is 11.8 Å². The fourth-order valence-electron chi connectivity index (χ4n) is 2.27. The molecule has 0 saturated carbocycles. The van der Waals surface area contributed by atoms with Crippen molar-refractivity contribution in [2.45, 2.75) is 16.7 Å². The van der Waals surface area contributed by atoms with Gasteiger partial charge in [0, 0.05) is 11.9 Å². The normalized spacial score (nSPS) is 11.0. The van der Waals surface area contributed by atoms with E-state index >= 15 is 0 Å². The molecule has 0 saturated heterocycles. The molecule has 0 atom stereocenters. The minimum Gasteiger partial charge on any atom is -0.494 e. The Kier molecular flexibility index (Phi) is 6.93. The van der Waals surface area contributed by atoms with Gasteiger partial charge in [-0.25, -0.2) is 8.42 Å². The van der Waals surface area contributed by atoms with E-state index in [1.165, 1.54) is 18.8 Å². The number of anilines is 1. The molecule has 0 aliphatic carbocycles. The zero-order valence-electron chi connectivity index (χ0n) is 14.9. The molecule has 140 valence electrons. The lowest BCUT2D eigenvalue weighted by atomic mass is 10.3. The van der Waals surface area contributed by atoms with Crippen LogP contribution in [-0.2, 0) is 14.8 Å². The van der Waals surface area contributed by atoms with Crippen molar-refractivity contribution in [1.82, 2.24) is 5.32 Å². The second kappa shape index (κ2) is 8.95. The van der Waals surface area contributed by atoms with Gasteiger partial charge in [0.25, 0.3) is 10.0 Å². The minimum atomic E-state index is -3.89. The molecule has 0 bridgehead atoms. The molecule has 0 aliphatic rings. The van der Waals surface area contributed by atoms with Gasteiger partial charge in [0.2, 0.25) is 5.91 Å². The molecule has 0 aliphatic heterocycles. The van der Waals surface area contributed by atoms with Gasteiger partial charge in [-0.1, -0.05) is 0 Å². The Morgan fingerprint density at radius 1 is 1.12 bits per heavy atom. The second-order valence-corrected chi connectivity index (χ2v) is 8.03. The zero-order valence-corrected chi connectivity index (χ0v) is 16.6. The van der Waals surface area contributed by atoms with E-state index in [9.17, 15) is 13.2 Å². The van der Waals surface area contributed by atoms with Crippen molar-refractivity contribution in [1.29, 1.82) is 0 Å². The quantitative estimate of drug-likeness (QED) is 0.697. The van der Waals surface area contributed by atoms with Crippen LogP contribution in [0.2, 0.25) is 0 Å². The lowest BCUT2D eigenvalue weighted by molar-refractivity contribution is -0.119. The van der Waals surface area contributed by atoms with Gasteiger partial charge in [-0.3, -0.25) is 9.10 Å². The lowest BCUT2D eigenvalue weighted by Crippen LogP contribution is -2.39. The molecule has 2 aromatic carbocycles. The highest BCUT2D eigenvalue weighted by atomic mass is 32.2. The predicted octanol–water partition coefficient (Wildman–Crippen LogP) is 2.75. The van der Waals surface area contributed by atoms with E-state index in [0.717, 1.165) is 9.20 Å². The Hall–Kier alpha value is -2.19. The number of carbonyl (C=O) groups excluding carboxylic acids is 1. The lowest BCUT2D eigenvalue weighted by Gasteiger charge is -2.24. The highest BCUT2D eigenvalue weighted by molar-refractivity contribution is 7.98. The third-order valence-corrected chi connectivity index (χ3v) is 6.18. The summed E-state index contributed by atoms with van der Waals surface area (Å²) >= 11 is 1.53. The summed E-state index contributed by atoms with van der Waals surface area (Å²) in [6.07, 6.45) is 1.92. The van der Waals surface area contributed by atoms with Crippen LogP contribution in [-0.4, -0.2) is 40.8 Å². The van der Waals surface area contributed by atoms with Crippen molar-refractivity contribution in [3.05, 3.63) is 48.5 Å². The first-order chi connectivity index (χ1) is 12.4. The van der Waals surface area contributed by atoms with E-state index in [1.54, 1.807) is 48.5 Å². The first kappa shape index (κ1) is 20.1. The number of thioether (sulfide) groups is 1. The van der Waals surface area contributed by atoms with Crippen LogP contribution in [0.5, 0.6) is 5.75 Å². The van der Waals surface area contributed by atoms with E-state index in [-0.39, 0.29) is 11.4 Å². The molecule has 0 aromatic heterocycles. The number of nitrogens with zero attached hydrogens (tertiary/aromatic N) is 1. The summed E-state index contributed by atoms with van der Waals surface area (Å²) in [4.78, 5) is 13.0. The van der Waals surface area contributed by atoms with Gasteiger partial charge in [-0.05, 0) is 61.7 Å². The van der Waals surface area contributed by atoms with Crippen LogP contribution in [0, 0.1) is 0 Å². The van der Waals surface area contributed by atoms with Crippen molar-refractivity contribution in [2.24, 2.45) is 0 Å². The predicted molar refractivity (Wildman–Crippen MR) is 104 cm³/mol. The number of sulfonamides is 1. The number of rotatable bonds is 8. The highest BCUT2D eigenvalue weighted by Crippen LogP contribution is 2.27. The Morgan fingerprint density at radius 2 is 1.73 bits per heavy atom.